The Morgan fingerprint density at radius 3 is 2.31 bits per heavy atom. The minimum Gasteiger partial charge on any atom is -0.518 e. The first-order chi connectivity index (χ1) is 7.84. The largest absolute Gasteiger partial charge is 0.654 e. The maximum atomic E-state index is 5.81. The van der Waals surface area contributed by atoms with Crippen molar-refractivity contribution in [1.82, 2.24) is 4.98 Å². The third-order valence-electron chi connectivity index (χ3n) is 2.41. The number of rotatable bonds is 1. The van der Waals surface area contributed by atoms with Gasteiger partial charge in [0.25, 0.3) is 0 Å². The Morgan fingerprint density at radius 1 is 1.00 bits per heavy atom. The first kappa shape index (κ1) is 9.09. The summed E-state index contributed by atoms with van der Waals surface area (Å²) in [6.45, 7) is 0. The highest BCUT2D eigenvalue weighted by molar-refractivity contribution is 6.64. The van der Waals surface area contributed by atoms with Crippen LogP contribution in [0.3, 0.4) is 0 Å². The van der Waals surface area contributed by atoms with Gasteiger partial charge in [-0.3, -0.25) is 4.98 Å². The summed E-state index contributed by atoms with van der Waals surface area (Å²) < 4.78 is 11.2. The van der Waals surface area contributed by atoms with Gasteiger partial charge in [-0.1, -0.05) is 12.1 Å². The first-order valence-electron chi connectivity index (χ1n) is 4.97. The van der Waals surface area contributed by atoms with Crippen LogP contribution in [0.1, 0.15) is 0 Å². The molecule has 0 saturated carbocycles. The summed E-state index contributed by atoms with van der Waals surface area (Å²) in [5, 5.41) is 0. The first-order valence-corrected chi connectivity index (χ1v) is 4.97. The molecule has 2 N–H and O–H groups in total. The molecule has 2 heterocycles. The normalized spacial score (nSPS) is 12.9. The Balaban J connectivity index is 1.95. The molecular formula is C11H9BN2O2. The molecule has 1 aliphatic rings. The predicted octanol–water partition coefficient (Wildman–Crippen LogP) is 0.830. The number of aromatic nitrogens is 1. The van der Waals surface area contributed by atoms with Gasteiger partial charge >= 0.3 is 7.12 Å². The van der Waals surface area contributed by atoms with Gasteiger partial charge in [0.1, 0.15) is 17.1 Å². The van der Waals surface area contributed by atoms with Crippen molar-refractivity contribution in [3.8, 4) is 11.5 Å². The van der Waals surface area contributed by atoms with Crippen molar-refractivity contribution in [3.05, 3.63) is 42.6 Å². The fourth-order valence-corrected chi connectivity index (χ4v) is 1.64. The topological polar surface area (TPSA) is 57.4 Å². The molecule has 16 heavy (non-hydrogen) atoms. The molecule has 1 aromatic heterocycles. The van der Waals surface area contributed by atoms with E-state index in [2.05, 4.69) is 4.98 Å². The Morgan fingerprint density at radius 2 is 1.69 bits per heavy atom. The van der Waals surface area contributed by atoms with Crippen LogP contribution in [0, 0.1) is 0 Å². The predicted molar refractivity (Wildman–Crippen MR) is 61.7 cm³/mol. The van der Waals surface area contributed by atoms with E-state index in [1.54, 1.807) is 18.3 Å². The van der Waals surface area contributed by atoms with Crippen molar-refractivity contribution in [2.75, 3.05) is 5.73 Å². The van der Waals surface area contributed by atoms with Gasteiger partial charge in [-0.25, -0.2) is 0 Å². The Bertz CT molecular complexity index is 508. The number of anilines is 1. The van der Waals surface area contributed by atoms with Gasteiger partial charge in [-0.05, 0) is 24.3 Å². The zero-order valence-electron chi connectivity index (χ0n) is 8.46. The van der Waals surface area contributed by atoms with Gasteiger partial charge in [-0.2, -0.15) is 0 Å². The van der Waals surface area contributed by atoms with Crippen molar-refractivity contribution in [1.29, 1.82) is 0 Å². The number of hydrogen-bond donors (Lipinski definition) is 1. The van der Waals surface area contributed by atoms with E-state index in [1.165, 1.54) is 0 Å². The zero-order chi connectivity index (χ0) is 11.0. The van der Waals surface area contributed by atoms with Crippen LogP contribution in [-0.4, -0.2) is 12.1 Å². The second kappa shape index (κ2) is 3.45. The zero-order valence-corrected chi connectivity index (χ0v) is 8.46. The summed E-state index contributed by atoms with van der Waals surface area (Å²) in [5.74, 6) is 1.44. The number of benzene rings is 1. The van der Waals surface area contributed by atoms with E-state index in [4.69, 9.17) is 15.0 Å². The lowest BCUT2D eigenvalue weighted by atomic mass is 9.83. The highest BCUT2D eigenvalue weighted by atomic mass is 16.6. The number of hydrogen-bond acceptors (Lipinski definition) is 4. The quantitative estimate of drug-likeness (QED) is 0.711. The molecule has 0 aliphatic carbocycles. The van der Waals surface area contributed by atoms with Crippen LogP contribution in [0.4, 0.5) is 5.69 Å². The summed E-state index contributed by atoms with van der Waals surface area (Å²) in [6.07, 6.45) is 1.67. The smallest absolute Gasteiger partial charge is 0.518 e. The molecular weight excluding hydrogens is 203 g/mol. The van der Waals surface area contributed by atoms with Crippen LogP contribution in [0.2, 0.25) is 0 Å². The summed E-state index contributed by atoms with van der Waals surface area (Å²) in [7, 11) is -0.543. The van der Waals surface area contributed by atoms with Crippen molar-refractivity contribution in [2.45, 2.75) is 0 Å². The highest BCUT2D eigenvalue weighted by Gasteiger charge is 2.36. The molecule has 0 atom stereocenters. The minimum atomic E-state index is -0.543. The number of pyridine rings is 1. The average Bonchev–Trinajstić information content (AvgIpc) is 2.73. The third kappa shape index (κ3) is 1.37. The van der Waals surface area contributed by atoms with Crippen molar-refractivity contribution < 1.29 is 9.31 Å². The lowest BCUT2D eigenvalue weighted by molar-refractivity contribution is 0.517. The van der Waals surface area contributed by atoms with E-state index in [1.807, 2.05) is 24.3 Å². The maximum Gasteiger partial charge on any atom is 0.654 e. The number of nitrogens with zero attached hydrogens (tertiary/aromatic N) is 1. The molecule has 0 amide bonds. The molecule has 1 aliphatic heterocycles. The van der Waals surface area contributed by atoms with Crippen molar-refractivity contribution in [2.24, 2.45) is 0 Å². The fraction of sp³-hybridized carbons (Fsp3) is 0. The Labute approximate surface area is 93.2 Å². The molecule has 0 saturated heterocycles. The fourth-order valence-electron chi connectivity index (χ4n) is 1.64. The van der Waals surface area contributed by atoms with E-state index in [-0.39, 0.29) is 0 Å². The van der Waals surface area contributed by atoms with Gasteiger partial charge in [0.15, 0.2) is 0 Å². The van der Waals surface area contributed by atoms with E-state index in [9.17, 15) is 0 Å². The molecule has 0 unspecified atom stereocenters. The molecule has 2 aromatic rings. The molecule has 0 bridgehead atoms. The number of nitrogen functional groups attached to an aromatic ring is 1. The van der Waals surface area contributed by atoms with E-state index >= 15 is 0 Å². The second-order valence-electron chi connectivity index (χ2n) is 3.49. The lowest BCUT2D eigenvalue weighted by Gasteiger charge is -2.05. The van der Waals surface area contributed by atoms with Gasteiger partial charge in [0, 0.05) is 6.20 Å². The Hall–Kier alpha value is -2.17. The number of para-hydroxylation sites is 2. The van der Waals surface area contributed by atoms with Crippen LogP contribution in [0.5, 0.6) is 11.5 Å². The number of fused-ring (bicyclic) bond motifs is 1. The van der Waals surface area contributed by atoms with Crippen molar-refractivity contribution in [3.63, 3.8) is 0 Å². The van der Waals surface area contributed by atoms with Gasteiger partial charge in [-0.15, -0.1) is 0 Å². The van der Waals surface area contributed by atoms with Crippen LogP contribution in [0.15, 0.2) is 42.6 Å². The standard InChI is InChI=1S/C11H9BN2O2/c13-8-4-3-7-14-11(8)12-15-9-5-1-2-6-10(9)16-12/h1-7H,13H2. The monoisotopic (exact) mass is 212 g/mol. The van der Waals surface area contributed by atoms with Gasteiger partial charge in [0.2, 0.25) is 0 Å². The van der Waals surface area contributed by atoms with E-state index < -0.39 is 7.12 Å². The van der Waals surface area contributed by atoms with E-state index in [0.29, 0.717) is 11.3 Å². The summed E-state index contributed by atoms with van der Waals surface area (Å²) >= 11 is 0. The number of nitrogens with two attached hydrogens (primary N) is 1. The molecule has 4 nitrogen and oxygen atoms in total. The van der Waals surface area contributed by atoms with Crippen LogP contribution >= 0.6 is 0 Å². The minimum absolute atomic E-state index is 0.543. The van der Waals surface area contributed by atoms with E-state index in [0.717, 1.165) is 11.5 Å². The molecule has 0 spiro atoms. The summed E-state index contributed by atoms with van der Waals surface area (Å²) in [5.41, 5.74) is 6.99. The second-order valence-corrected chi connectivity index (χ2v) is 3.49. The van der Waals surface area contributed by atoms with Crippen LogP contribution in [-0.2, 0) is 0 Å². The van der Waals surface area contributed by atoms with Crippen LogP contribution in [0.25, 0.3) is 0 Å². The summed E-state index contributed by atoms with van der Waals surface area (Å²) in [6, 6.07) is 11.1. The van der Waals surface area contributed by atoms with Crippen LogP contribution < -0.4 is 20.6 Å². The highest BCUT2D eigenvalue weighted by Crippen LogP contribution is 2.32. The lowest BCUT2D eigenvalue weighted by Crippen LogP contribution is -2.42. The Kier molecular flexibility index (Phi) is 1.96. The van der Waals surface area contributed by atoms with Crippen molar-refractivity contribution >= 4 is 18.4 Å². The average molecular weight is 212 g/mol. The molecule has 0 radical (unpaired) electrons. The summed E-state index contributed by atoms with van der Waals surface area (Å²) in [4.78, 5) is 4.17. The molecule has 78 valence electrons. The molecule has 5 heteroatoms. The molecule has 3 rings (SSSR count). The molecule has 1 aromatic carbocycles. The van der Waals surface area contributed by atoms with Gasteiger partial charge in [0.05, 0.1) is 5.69 Å². The SMILES string of the molecule is Nc1cccnc1B1Oc2ccccc2O1. The van der Waals surface area contributed by atoms with Gasteiger partial charge < -0.3 is 15.0 Å². The molecule has 0 fully saturated rings. The maximum absolute atomic E-state index is 5.81. The third-order valence-corrected chi connectivity index (χ3v) is 2.41.